The van der Waals surface area contributed by atoms with E-state index in [1.165, 1.54) is 6.08 Å². The van der Waals surface area contributed by atoms with Gasteiger partial charge in [-0.25, -0.2) is 0 Å². The molecule has 0 fully saturated rings. The molecular formula is C18H19NO4S. The lowest BCUT2D eigenvalue weighted by atomic mass is 10.2. The second kappa shape index (κ2) is 8.42. The van der Waals surface area contributed by atoms with Gasteiger partial charge in [0, 0.05) is 12.1 Å². The number of carbonyl (C=O) groups excluding carboxylic acids is 1. The van der Waals surface area contributed by atoms with Gasteiger partial charge in [-0.2, -0.15) is 8.42 Å². The van der Waals surface area contributed by atoms with E-state index in [1.54, 1.807) is 54.6 Å². The topological polar surface area (TPSA) is 72.5 Å². The zero-order chi connectivity index (χ0) is 17.4. The normalized spacial score (nSPS) is 12.3. The molecule has 6 heteroatoms. The predicted molar refractivity (Wildman–Crippen MR) is 93.8 cm³/mol. The second-order valence-electron chi connectivity index (χ2n) is 5.15. The monoisotopic (exact) mass is 345 g/mol. The molecule has 0 aliphatic carbocycles. The van der Waals surface area contributed by atoms with Gasteiger partial charge < -0.3 is 5.32 Å². The minimum atomic E-state index is -3.90. The number of para-hydroxylation sites is 1. The summed E-state index contributed by atoms with van der Waals surface area (Å²) < 4.78 is 29.5. The maximum Gasteiger partial charge on any atom is 0.272 e. The number of benzene rings is 2. The molecule has 0 aromatic heterocycles. The van der Waals surface area contributed by atoms with E-state index in [-0.39, 0.29) is 12.2 Å². The molecule has 2 aromatic carbocycles. The van der Waals surface area contributed by atoms with Crippen LogP contribution >= 0.6 is 0 Å². The zero-order valence-corrected chi connectivity index (χ0v) is 13.9. The molecule has 0 heterocycles. The lowest BCUT2D eigenvalue weighted by Crippen LogP contribution is -2.32. The van der Waals surface area contributed by atoms with Gasteiger partial charge in [-0.3, -0.25) is 8.98 Å². The third-order valence-corrected chi connectivity index (χ3v) is 4.38. The van der Waals surface area contributed by atoms with Crippen molar-refractivity contribution in [2.45, 2.75) is 18.3 Å². The van der Waals surface area contributed by atoms with Crippen LogP contribution in [0.15, 0.2) is 73.3 Å². The number of hydrogen-bond donors (Lipinski definition) is 1. The zero-order valence-electron chi connectivity index (χ0n) is 13.1. The molecule has 0 radical (unpaired) electrons. The summed E-state index contributed by atoms with van der Waals surface area (Å²) in [7, 11) is -3.90. The van der Waals surface area contributed by atoms with Crippen molar-refractivity contribution >= 4 is 21.7 Å². The summed E-state index contributed by atoms with van der Waals surface area (Å²) in [6.07, 6.45) is 0.386. The Hall–Kier alpha value is -2.44. The molecule has 24 heavy (non-hydrogen) atoms. The Kier molecular flexibility index (Phi) is 6.28. The molecule has 5 nitrogen and oxygen atoms in total. The van der Waals surface area contributed by atoms with Crippen molar-refractivity contribution in [2.24, 2.45) is 0 Å². The SMILES string of the molecule is C=CC[C@H](OS(=O)(=O)Cc1ccccc1)C(=O)Nc1ccccc1. The summed E-state index contributed by atoms with van der Waals surface area (Å²) >= 11 is 0. The number of nitrogens with one attached hydrogen (secondary N) is 1. The number of amides is 1. The Morgan fingerprint density at radius 1 is 1.08 bits per heavy atom. The first-order valence-corrected chi connectivity index (χ1v) is 8.99. The fraction of sp³-hybridized carbons (Fsp3) is 0.167. The number of anilines is 1. The van der Waals surface area contributed by atoms with Crippen molar-refractivity contribution in [1.82, 2.24) is 0 Å². The highest BCUT2D eigenvalue weighted by atomic mass is 32.2. The fourth-order valence-electron chi connectivity index (χ4n) is 2.07. The van der Waals surface area contributed by atoms with Gasteiger partial charge in [-0.1, -0.05) is 54.6 Å². The molecule has 0 spiro atoms. The summed E-state index contributed by atoms with van der Waals surface area (Å²) in [5, 5.41) is 2.64. The van der Waals surface area contributed by atoms with Gasteiger partial charge in [-0.15, -0.1) is 6.58 Å². The standard InChI is InChI=1S/C18H19NO4S/c1-2-9-17(18(20)19-16-12-7-4-8-13-16)23-24(21,22)14-15-10-5-3-6-11-15/h2-8,10-13,17H,1,9,14H2,(H,19,20)/t17-/m0/s1. The quantitative estimate of drug-likeness (QED) is 0.589. The first-order chi connectivity index (χ1) is 11.5. The van der Waals surface area contributed by atoms with Crippen LogP contribution in [0.1, 0.15) is 12.0 Å². The Balaban J connectivity index is 2.06. The van der Waals surface area contributed by atoms with Crippen LogP contribution in [0, 0.1) is 0 Å². The van der Waals surface area contributed by atoms with Crippen LogP contribution < -0.4 is 5.32 Å². The smallest absolute Gasteiger partial charge is 0.272 e. The summed E-state index contributed by atoms with van der Waals surface area (Å²) in [6, 6.07) is 17.4. The molecule has 126 valence electrons. The van der Waals surface area contributed by atoms with E-state index in [0.717, 1.165) is 0 Å². The average molecular weight is 345 g/mol. The fourth-order valence-corrected chi connectivity index (χ4v) is 3.26. The maximum absolute atomic E-state index is 12.3. The Morgan fingerprint density at radius 2 is 1.67 bits per heavy atom. The maximum atomic E-state index is 12.3. The summed E-state index contributed by atoms with van der Waals surface area (Å²) in [6.45, 7) is 3.55. The molecule has 2 rings (SSSR count). The molecule has 0 unspecified atom stereocenters. The molecule has 1 N–H and O–H groups in total. The van der Waals surface area contributed by atoms with Crippen LogP contribution in [-0.4, -0.2) is 20.4 Å². The van der Waals surface area contributed by atoms with E-state index in [1.807, 2.05) is 6.07 Å². The Bertz CT molecular complexity index is 773. The van der Waals surface area contributed by atoms with Crippen molar-refractivity contribution in [2.75, 3.05) is 5.32 Å². The first-order valence-electron chi connectivity index (χ1n) is 7.42. The minimum Gasteiger partial charge on any atom is -0.324 e. The third kappa shape index (κ3) is 5.64. The van der Waals surface area contributed by atoms with E-state index in [0.29, 0.717) is 11.3 Å². The van der Waals surface area contributed by atoms with Crippen molar-refractivity contribution in [3.8, 4) is 0 Å². The van der Waals surface area contributed by atoms with Gasteiger partial charge in [0.15, 0.2) is 6.10 Å². The van der Waals surface area contributed by atoms with Crippen molar-refractivity contribution in [3.05, 3.63) is 78.9 Å². The van der Waals surface area contributed by atoms with E-state index >= 15 is 0 Å². The van der Waals surface area contributed by atoms with Crippen molar-refractivity contribution in [1.29, 1.82) is 0 Å². The largest absolute Gasteiger partial charge is 0.324 e. The van der Waals surface area contributed by atoms with Crippen LogP contribution in [-0.2, 0) is 24.8 Å². The lowest BCUT2D eigenvalue weighted by molar-refractivity contribution is -0.122. The summed E-state index contributed by atoms with van der Waals surface area (Å²) in [5.74, 6) is -0.821. The molecule has 2 aromatic rings. The Labute approximate surface area is 142 Å². The molecule has 1 atom stereocenters. The first kappa shape index (κ1) is 17.9. The second-order valence-corrected chi connectivity index (χ2v) is 6.75. The Morgan fingerprint density at radius 3 is 2.25 bits per heavy atom. The van der Waals surface area contributed by atoms with Gasteiger partial charge in [0.1, 0.15) is 5.75 Å². The molecule has 0 bridgehead atoms. The molecule has 0 aliphatic rings. The number of carbonyl (C=O) groups is 1. The van der Waals surface area contributed by atoms with E-state index in [9.17, 15) is 13.2 Å². The molecular weight excluding hydrogens is 326 g/mol. The van der Waals surface area contributed by atoms with Gasteiger partial charge in [0.2, 0.25) is 0 Å². The van der Waals surface area contributed by atoms with Crippen molar-refractivity contribution < 1.29 is 17.4 Å². The lowest BCUT2D eigenvalue weighted by Gasteiger charge is -2.16. The predicted octanol–water partition coefficient (Wildman–Crippen LogP) is 3.12. The highest BCUT2D eigenvalue weighted by Gasteiger charge is 2.25. The third-order valence-electron chi connectivity index (χ3n) is 3.16. The molecule has 1 amide bonds. The number of hydrogen-bond acceptors (Lipinski definition) is 4. The van der Waals surface area contributed by atoms with E-state index in [2.05, 4.69) is 11.9 Å². The molecule has 0 aliphatic heterocycles. The summed E-state index contributed by atoms with van der Waals surface area (Å²) in [5.41, 5.74) is 1.17. The van der Waals surface area contributed by atoms with Crippen LogP contribution in [0.25, 0.3) is 0 Å². The highest BCUT2D eigenvalue weighted by Crippen LogP contribution is 2.14. The number of rotatable bonds is 8. The average Bonchev–Trinajstić information content (AvgIpc) is 2.55. The van der Waals surface area contributed by atoms with Gasteiger partial charge in [-0.05, 0) is 17.7 Å². The van der Waals surface area contributed by atoms with Crippen molar-refractivity contribution in [3.63, 3.8) is 0 Å². The van der Waals surface area contributed by atoms with Crippen LogP contribution in [0.4, 0.5) is 5.69 Å². The van der Waals surface area contributed by atoms with Crippen LogP contribution in [0.5, 0.6) is 0 Å². The van der Waals surface area contributed by atoms with Gasteiger partial charge >= 0.3 is 0 Å². The van der Waals surface area contributed by atoms with Crippen LogP contribution in [0.2, 0.25) is 0 Å². The van der Waals surface area contributed by atoms with Gasteiger partial charge in [0.25, 0.3) is 16.0 Å². The van der Waals surface area contributed by atoms with E-state index < -0.39 is 22.1 Å². The highest BCUT2D eigenvalue weighted by molar-refractivity contribution is 7.85. The molecule has 0 saturated carbocycles. The summed E-state index contributed by atoms with van der Waals surface area (Å²) in [4.78, 5) is 12.3. The van der Waals surface area contributed by atoms with Crippen LogP contribution in [0.3, 0.4) is 0 Å². The van der Waals surface area contributed by atoms with E-state index in [4.69, 9.17) is 4.18 Å². The van der Waals surface area contributed by atoms with Gasteiger partial charge in [0.05, 0.1) is 0 Å². The minimum absolute atomic E-state index is 0.0900. The molecule has 0 saturated heterocycles.